The van der Waals surface area contributed by atoms with E-state index in [2.05, 4.69) is 41.5 Å². The maximum absolute atomic E-state index is 12.2. The summed E-state index contributed by atoms with van der Waals surface area (Å²) < 4.78 is 11.8. The van der Waals surface area contributed by atoms with Crippen molar-refractivity contribution in [2.75, 3.05) is 6.61 Å². The summed E-state index contributed by atoms with van der Waals surface area (Å²) in [6.07, 6.45) is 5.22. The second kappa shape index (κ2) is 4.29. The molecule has 0 aromatic rings. The Morgan fingerprint density at radius 1 is 1.16 bits per heavy atom. The summed E-state index contributed by atoms with van der Waals surface area (Å²) in [6, 6.07) is 0. The Balaban J connectivity index is 2.32. The molecule has 0 aromatic heterocycles. The van der Waals surface area contributed by atoms with Crippen LogP contribution in [0.2, 0.25) is 0 Å². The molecule has 1 spiro atoms. The van der Waals surface area contributed by atoms with Crippen LogP contribution >= 0.6 is 0 Å². The van der Waals surface area contributed by atoms with E-state index in [0.29, 0.717) is 6.61 Å². The number of hydrogen-bond acceptors (Lipinski definition) is 3. The lowest BCUT2D eigenvalue weighted by atomic mass is 9.82. The maximum Gasteiger partial charge on any atom is 0.254 e. The van der Waals surface area contributed by atoms with Crippen molar-refractivity contribution in [2.24, 2.45) is 10.8 Å². The van der Waals surface area contributed by atoms with Crippen molar-refractivity contribution in [3.63, 3.8) is 0 Å². The van der Waals surface area contributed by atoms with Gasteiger partial charge in [-0.25, -0.2) is 0 Å². The third-order valence-corrected chi connectivity index (χ3v) is 3.70. The van der Waals surface area contributed by atoms with Gasteiger partial charge in [-0.05, 0) is 28.6 Å². The number of ether oxygens (including phenoxy) is 2. The Labute approximate surface area is 115 Å². The molecule has 0 aromatic carbocycles. The van der Waals surface area contributed by atoms with E-state index in [1.807, 2.05) is 12.2 Å². The van der Waals surface area contributed by atoms with E-state index in [1.165, 1.54) is 0 Å². The highest BCUT2D eigenvalue weighted by Crippen LogP contribution is 2.40. The summed E-state index contributed by atoms with van der Waals surface area (Å²) in [5.41, 5.74) is 0.999. The molecule has 2 rings (SSSR count). The van der Waals surface area contributed by atoms with Crippen LogP contribution < -0.4 is 0 Å². The largest absolute Gasteiger partial charge is 0.337 e. The van der Waals surface area contributed by atoms with Gasteiger partial charge in [0, 0.05) is 0 Å². The van der Waals surface area contributed by atoms with E-state index in [1.54, 1.807) is 6.08 Å². The lowest BCUT2D eigenvalue weighted by Crippen LogP contribution is -2.41. The molecule has 3 heteroatoms. The first-order chi connectivity index (χ1) is 8.55. The van der Waals surface area contributed by atoms with Gasteiger partial charge in [-0.2, -0.15) is 0 Å². The van der Waals surface area contributed by atoms with Crippen LogP contribution in [0.15, 0.2) is 23.8 Å². The SMILES string of the molecule is CC(C)(C)C1=C[C@@]2(OC[C@@H](C(C)(C)C)O2)C(=O)C=C1. The summed E-state index contributed by atoms with van der Waals surface area (Å²) in [6.45, 7) is 13.1. The Bertz CT molecular complexity index is 446. The van der Waals surface area contributed by atoms with Gasteiger partial charge in [-0.1, -0.05) is 47.6 Å². The number of carbonyl (C=O) groups excluding carboxylic acids is 1. The quantitative estimate of drug-likeness (QED) is 0.673. The fraction of sp³-hybridized carbons (Fsp3) is 0.688. The third kappa shape index (κ3) is 2.67. The number of hydrogen-bond donors (Lipinski definition) is 0. The Hall–Kier alpha value is -0.930. The van der Waals surface area contributed by atoms with Crippen molar-refractivity contribution in [1.82, 2.24) is 0 Å². The molecule has 1 heterocycles. The predicted octanol–water partition coefficient (Wildman–Crippen LogP) is 3.26. The van der Waals surface area contributed by atoms with Gasteiger partial charge >= 0.3 is 0 Å². The molecule has 1 fully saturated rings. The average Bonchev–Trinajstić information content (AvgIpc) is 2.66. The van der Waals surface area contributed by atoms with Gasteiger partial charge in [0.15, 0.2) is 0 Å². The zero-order chi connectivity index (χ0) is 14.5. The number of rotatable bonds is 0. The van der Waals surface area contributed by atoms with E-state index >= 15 is 0 Å². The molecule has 0 N–H and O–H groups in total. The van der Waals surface area contributed by atoms with Gasteiger partial charge in [0.1, 0.15) is 0 Å². The molecule has 0 unspecified atom stereocenters. The fourth-order valence-electron chi connectivity index (χ4n) is 2.18. The monoisotopic (exact) mass is 264 g/mol. The fourth-order valence-corrected chi connectivity index (χ4v) is 2.18. The number of carbonyl (C=O) groups is 1. The van der Waals surface area contributed by atoms with Gasteiger partial charge in [0.25, 0.3) is 5.79 Å². The average molecular weight is 264 g/mol. The first-order valence-electron chi connectivity index (χ1n) is 6.82. The van der Waals surface area contributed by atoms with Crippen LogP contribution in [0.4, 0.5) is 0 Å². The third-order valence-electron chi connectivity index (χ3n) is 3.70. The Morgan fingerprint density at radius 3 is 2.26 bits per heavy atom. The Morgan fingerprint density at radius 2 is 1.79 bits per heavy atom. The van der Waals surface area contributed by atoms with E-state index in [9.17, 15) is 4.79 Å². The summed E-state index contributed by atoms with van der Waals surface area (Å²) >= 11 is 0. The van der Waals surface area contributed by atoms with Crippen molar-refractivity contribution >= 4 is 5.78 Å². The lowest BCUT2D eigenvalue weighted by molar-refractivity contribution is -0.167. The minimum absolute atomic E-state index is 0.0310. The number of allylic oxidation sites excluding steroid dienone is 2. The standard InChI is InChI=1S/C16H24O3/c1-14(2,3)11-7-8-12(17)16(9-11)18-10-13(19-16)15(4,5)6/h7-9,13H,10H2,1-6H3/t13-,16-/m0/s1. The highest BCUT2D eigenvalue weighted by molar-refractivity contribution is 5.99. The predicted molar refractivity (Wildman–Crippen MR) is 74.7 cm³/mol. The molecular formula is C16H24O3. The molecular weight excluding hydrogens is 240 g/mol. The normalized spacial score (nSPS) is 32.0. The second-order valence-corrected chi connectivity index (χ2v) is 7.50. The summed E-state index contributed by atoms with van der Waals surface area (Å²) in [7, 11) is 0. The molecule has 2 atom stereocenters. The van der Waals surface area contributed by atoms with E-state index < -0.39 is 5.79 Å². The molecule has 3 nitrogen and oxygen atoms in total. The van der Waals surface area contributed by atoms with Crippen LogP contribution in [0.3, 0.4) is 0 Å². The first kappa shape index (κ1) is 14.5. The molecule has 2 aliphatic rings. The topological polar surface area (TPSA) is 35.5 Å². The van der Waals surface area contributed by atoms with E-state index in [-0.39, 0.29) is 22.7 Å². The smallest absolute Gasteiger partial charge is 0.254 e. The van der Waals surface area contributed by atoms with Crippen molar-refractivity contribution in [3.05, 3.63) is 23.8 Å². The molecule has 1 aliphatic heterocycles. The van der Waals surface area contributed by atoms with Crippen LogP contribution in [0.5, 0.6) is 0 Å². The van der Waals surface area contributed by atoms with Gasteiger partial charge in [0.2, 0.25) is 5.78 Å². The van der Waals surface area contributed by atoms with Crippen molar-refractivity contribution in [1.29, 1.82) is 0 Å². The zero-order valence-corrected chi connectivity index (χ0v) is 12.7. The molecule has 19 heavy (non-hydrogen) atoms. The first-order valence-corrected chi connectivity index (χ1v) is 6.82. The molecule has 1 saturated heterocycles. The molecule has 0 amide bonds. The van der Waals surface area contributed by atoms with Gasteiger partial charge in [-0.15, -0.1) is 0 Å². The van der Waals surface area contributed by atoms with Crippen molar-refractivity contribution in [2.45, 2.75) is 53.4 Å². The molecule has 0 radical (unpaired) electrons. The van der Waals surface area contributed by atoms with Crippen LogP contribution in [0, 0.1) is 10.8 Å². The summed E-state index contributed by atoms with van der Waals surface area (Å²) in [5, 5.41) is 0. The minimum atomic E-state index is -1.20. The van der Waals surface area contributed by atoms with E-state index in [0.717, 1.165) is 5.57 Å². The van der Waals surface area contributed by atoms with Gasteiger partial charge < -0.3 is 9.47 Å². The summed E-state index contributed by atoms with van der Waals surface area (Å²) in [4.78, 5) is 12.2. The minimum Gasteiger partial charge on any atom is -0.337 e. The van der Waals surface area contributed by atoms with Gasteiger partial charge in [0.05, 0.1) is 12.7 Å². The van der Waals surface area contributed by atoms with Crippen LogP contribution in [-0.2, 0) is 14.3 Å². The van der Waals surface area contributed by atoms with Crippen molar-refractivity contribution in [3.8, 4) is 0 Å². The van der Waals surface area contributed by atoms with Crippen LogP contribution in [-0.4, -0.2) is 24.3 Å². The van der Waals surface area contributed by atoms with Crippen molar-refractivity contribution < 1.29 is 14.3 Å². The number of ketones is 1. The highest BCUT2D eigenvalue weighted by atomic mass is 16.7. The molecule has 0 saturated carbocycles. The molecule has 0 bridgehead atoms. The second-order valence-electron chi connectivity index (χ2n) is 7.50. The Kier molecular flexibility index (Phi) is 3.27. The highest BCUT2D eigenvalue weighted by Gasteiger charge is 2.50. The van der Waals surface area contributed by atoms with Crippen LogP contribution in [0.25, 0.3) is 0 Å². The maximum atomic E-state index is 12.2. The summed E-state index contributed by atoms with van der Waals surface area (Å²) in [5.74, 6) is -1.32. The van der Waals surface area contributed by atoms with Crippen LogP contribution in [0.1, 0.15) is 41.5 Å². The zero-order valence-electron chi connectivity index (χ0n) is 12.7. The van der Waals surface area contributed by atoms with Gasteiger partial charge in [-0.3, -0.25) is 4.79 Å². The van der Waals surface area contributed by atoms with E-state index in [4.69, 9.17) is 9.47 Å². The molecule has 106 valence electrons. The lowest BCUT2D eigenvalue weighted by Gasteiger charge is -2.32. The molecule has 1 aliphatic carbocycles.